The van der Waals surface area contributed by atoms with Gasteiger partial charge in [-0.05, 0) is 24.5 Å². The summed E-state index contributed by atoms with van der Waals surface area (Å²) in [7, 11) is 0. The predicted octanol–water partition coefficient (Wildman–Crippen LogP) is 4.10. The molecule has 0 saturated heterocycles. The summed E-state index contributed by atoms with van der Waals surface area (Å²) in [5.74, 6) is 0. The van der Waals surface area contributed by atoms with Crippen molar-refractivity contribution in [2.45, 2.75) is 64.5 Å². The van der Waals surface area contributed by atoms with E-state index in [2.05, 4.69) is 6.92 Å². The Kier molecular flexibility index (Phi) is 6.99. The zero-order chi connectivity index (χ0) is 13.4. The second kappa shape index (κ2) is 8.28. The third-order valence-corrected chi connectivity index (χ3v) is 3.40. The lowest BCUT2D eigenvalue weighted by Gasteiger charge is -2.13. The molecule has 3 N–H and O–H groups in total. The molecule has 0 heterocycles. The second-order valence-corrected chi connectivity index (χ2v) is 5.18. The van der Waals surface area contributed by atoms with E-state index in [4.69, 9.17) is 5.73 Å². The van der Waals surface area contributed by atoms with Crippen molar-refractivity contribution in [3.63, 3.8) is 0 Å². The molecule has 0 aliphatic heterocycles. The molecule has 0 saturated carbocycles. The first-order chi connectivity index (χ1) is 8.65. The van der Waals surface area contributed by atoms with E-state index in [-0.39, 0.29) is 12.1 Å². The molecule has 0 radical (unpaired) electrons. The maximum atomic E-state index is 10.1. The molecule has 0 fully saturated rings. The Labute approximate surface area is 111 Å². The fraction of sp³-hybridized carbons (Fsp3) is 0.625. The average Bonchev–Trinajstić information content (AvgIpc) is 2.38. The molecule has 1 aromatic rings. The van der Waals surface area contributed by atoms with Crippen LogP contribution in [-0.2, 0) is 0 Å². The monoisotopic (exact) mass is 249 g/mol. The number of aliphatic hydroxyl groups is 1. The molecule has 2 heteroatoms. The third kappa shape index (κ3) is 5.19. The highest BCUT2D eigenvalue weighted by molar-refractivity contribution is 5.26. The van der Waals surface area contributed by atoms with E-state index in [1.54, 1.807) is 0 Å². The Bertz CT molecular complexity index is 336. The molecule has 2 atom stereocenters. The molecule has 2 unspecified atom stereocenters. The van der Waals surface area contributed by atoms with Crippen molar-refractivity contribution in [1.82, 2.24) is 0 Å². The van der Waals surface area contributed by atoms with Gasteiger partial charge in [0, 0.05) is 6.04 Å². The van der Waals surface area contributed by atoms with E-state index in [1.807, 2.05) is 31.2 Å². The van der Waals surface area contributed by atoms with Crippen LogP contribution in [0.1, 0.15) is 75.6 Å². The highest BCUT2D eigenvalue weighted by Gasteiger charge is 2.08. The lowest BCUT2D eigenvalue weighted by atomic mass is 9.99. The van der Waals surface area contributed by atoms with Gasteiger partial charge in [-0.15, -0.1) is 0 Å². The van der Waals surface area contributed by atoms with E-state index < -0.39 is 0 Å². The van der Waals surface area contributed by atoms with Crippen LogP contribution in [0.25, 0.3) is 0 Å². The van der Waals surface area contributed by atoms with Crippen LogP contribution in [0.15, 0.2) is 24.3 Å². The van der Waals surface area contributed by atoms with Gasteiger partial charge in [0.15, 0.2) is 0 Å². The van der Waals surface area contributed by atoms with Crippen molar-refractivity contribution in [2.75, 3.05) is 0 Å². The summed E-state index contributed by atoms with van der Waals surface area (Å²) in [6.45, 7) is 4.19. The normalized spacial score (nSPS) is 14.4. The van der Waals surface area contributed by atoms with Crippen molar-refractivity contribution in [3.05, 3.63) is 35.4 Å². The maximum Gasteiger partial charge on any atom is 0.0790 e. The summed E-state index contributed by atoms with van der Waals surface area (Å²) in [4.78, 5) is 0. The fourth-order valence-corrected chi connectivity index (χ4v) is 2.16. The van der Waals surface area contributed by atoms with E-state index in [1.165, 1.54) is 25.7 Å². The highest BCUT2D eigenvalue weighted by atomic mass is 16.3. The van der Waals surface area contributed by atoms with Gasteiger partial charge in [0.05, 0.1) is 6.10 Å². The van der Waals surface area contributed by atoms with Crippen LogP contribution in [0.4, 0.5) is 0 Å². The molecular weight excluding hydrogens is 222 g/mol. The molecule has 18 heavy (non-hydrogen) atoms. The number of rotatable bonds is 8. The minimum atomic E-state index is -0.342. The highest BCUT2D eigenvalue weighted by Crippen LogP contribution is 2.22. The van der Waals surface area contributed by atoms with Crippen molar-refractivity contribution >= 4 is 0 Å². The van der Waals surface area contributed by atoms with Gasteiger partial charge in [-0.3, -0.25) is 0 Å². The quantitative estimate of drug-likeness (QED) is 0.681. The van der Waals surface area contributed by atoms with Crippen LogP contribution in [0.5, 0.6) is 0 Å². The van der Waals surface area contributed by atoms with Gasteiger partial charge in [-0.2, -0.15) is 0 Å². The molecular formula is C16H27NO. The first kappa shape index (κ1) is 15.2. The summed E-state index contributed by atoms with van der Waals surface area (Å²) in [5.41, 5.74) is 7.95. The number of unbranched alkanes of at least 4 members (excludes halogenated alkanes) is 4. The molecule has 2 nitrogen and oxygen atoms in total. The van der Waals surface area contributed by atoms with Crippen LogP contribution in [0.2, 0.25) is 0 Å². The fourth-order valence-electron chi connectivity index (χ4n) is 2.16. The lowest BCUT2D eigenvalue weighted by molar-refractivity contribution is 0.163. The Morgan fingerprint density at radius 2 is 1.78 bits per heavy atom. The van der Waals surface area contributed by atoms with Gasteiger partial charge in [0.2, 0.25) is 0 Å². The Hall–Kier alpha value is -0.860. The van der Waals surface area contributed by atoms with Gasteiger partial charge in [0.25, 0.3) is 0 Å². The average molecular weight is 249 g/mol. The van der Waals surface area contributed by atoms with Gasteiger partial charge in [-0.1, -0.05) is 63.3 Å². The van der Waals surface area contributed by atoms with Gasteiger partial charge in [-0.25, -0.2) is 0 Å². The zero-order valence-electron chi connectivity index (χ0n) is 11.7. The van der Waals surface area contributed by atoms with Crippen molar-refractivity contribution in [3.8, 4) is 0 Å². The van der Waals surface area contributed by atoms with E-state index in [0.717, 1.165) is 24.0 Å². The van der Waals surface area contributed by atoms with Crippen LogP contribution < -0.4 is 5.73 Å². The lowest BCUT2D eigenvalue weighted by Crippen LogP contribution is -2.06. The summed E-state index contributed by atoms with van der Waals surface area (Å²) in [5, 5.41) is 10.1. The molecule has 0 spiro atoms. The number of benzene rings is 1. The summed E-state index contributed by atoms with van der Waals surface area (Å²) in [6.07, 6.45) is 6.68. The molecule has 0 amide bonds. The topological polar surface area (TPSA) is 46.2 Å². The maximum absolute atomic E-state index is 10.1. The van der Waals surface area contributed by atoms with E-state index in [0.29, 0.717) is 0 Å². The SMILES string of the molecule is CCCCCCCC(O)c1cccc(C(C)N)c1. The van der Waals surface area contributed by atoms with Crippen LogP contribution in [0.3, 0.4) is 0 Å². The van der Waals surface area contributed by atoms with E-state index >= 15 is 0 Å². The van der Waals surface area contributed by atoms with Crippen molar-refractivity contribution < 1.29 is 5.11 Å². The Morgan fingerprint density at radius 3 is 2.44 bits per heavy atom. The second-order valence-electron chi connectivity index (χ2n) is 5.18. The molecule has 1 rings (SSSR count). The predicted molar refractivity (Wildman–Crippen MR) is 77.4 cm³/mol. The summed E-state index contributed by atoms with van der Waals surface area (Å²) >= 11 is 0. The Morgan fingerprint density at radius 1 is 1.11 bits per heavy atom. The van der Waals surface area contributed by atoms with Gasteiger partial charge >= 0.3 is 0 Å². The molecule has 0 aliphatic carbocycles. The number of hydrogen-bond donors (Lipinski definition) is 2. The van der Waals surface area contributed by atoms with Crippen LogP contribution >= 0.6 is 0 Å². The third-order valence-electron chi connectivity index (χ3n) is 3.40. The largest absolute Gasteiger partial charge is 0.388 e. The first-order valence-corrected chi connectivity index (χ1v) is 7.18. The summed E-state index contributed by atoms with van der Waals surface area (Å²) in [6, 6.07) is 8.04. The van der Waals surface area contributed by atoms with Crippen LogP contribution in [0, 0.1) is 0 Å². The number of aliphatic hydroxyl groups excluding tert-OH is 1. The van der Waals surface area contributed by atoms with Gasteiger partial charge < -0.3 is 10.8 Å². The molecule has 0 aliphatic rings. The smallest absolute Gasteiger partial charge is 0.0790 e. The standard InChI is InChI=1S/C16H27NO/c1-3-4-5-6-7-11-16(18)15-10-8-9-14(12-15)13(2)17/h8-10,12-13,16,18H,3-7,11,17H2,1-2H3. The Balaban J connectivity index is 2.41. The summed E-state index contributed by atoms with van der Waals surface area (Å²) < 4.78 is 0. The van der Waals surface area contributed by atoms with Crippen molar-refractivity contribution in [1.29, 1.82) is 0 Å². The zero-order valence-corrected chi connectivity index (χ0v) is 11.7. The molecule has 0 aromatic heterocycles. The molecule has 0 bridgehead atoms. The first-order valence-electron chi connectivity index (χ1n) is 7.18. The minimum absolute atomic E-state index is 0.0294. The molecule has 1 aromatic carbocycles. The van der Waals surface area contributed by atoms with Crippen LogP contribution in [-0.4, -0.2) is 5.11 Å². The number of nitrogens with two attached hydrogens (primary N) is 1. The van der Waals surface area contributed by atoms with Crippen molar-refractivity contribution in [2.24, 2.45) is 5.73 Å². The van der Waals surface area contributed by atoms with Gasteiger partial charge in [0.1, 0.15) is 0 Å². The number of hydrogen-bond acceptors (Lipinski definition) is 2. The molecule has 102 valence electrons. The minimum Gasteiger partial charge on any atom is -0.388 e. The van der Waals surface area contributed by atoms with E-state index in [9.17, 15) is 5.11 Å².